The van der Waals surface area contributed by atoms with Crippen LogP contribution in [0.4, 0.5) is 14.5 Å². The van der Waals surface area contributed by atoms with Crippen LogP contribution in [0.25, 0.3) is 11.4 Å². The van der Waals surface area contributed by atoms with E-state index in [9.17, 15) is 13.6 Å². The maximum absolute atomic E-state index is 13.7. The summed E-state index contributed by atoms with van der Waals surface area (Å²) in [4.78, 5) is 18.8. The minimum Gasteiger partial charge on any atom is -0.331 e. The predicted octanol–water partition coefficient (Wildman–Crippen LogP) is 4.18. The van der Waals surface area contributed by atoms with Crippen LogP contribution in [0.1, 0.15) is 12.8 Å². The molecule has 1 amide bonds. The second-order valence-corrected chi connectivity index (χ2v) is 7.66. The molecule has 30 heavy (non-hydrogen) atoms. The molecular formula is C23H24F2N4O. The van der Waals surface area contributed by atoms with Crippen molar-refractivity contribution in [1.29, 1.82) is 0 Å². The van der Waals surface area contributed by atoms with Gasteiger partial charge in [-0.25, -0.2) is 13.8 Å². The Morgan fingerprint density at radius 1 is 1.10 bits per heavy atom. The molecule has 3 aromatic rings. The molecule has 1 aliphatic rings. The van der Waals surface area contributed by atoms with Crippen molar-refractivity contribution >= 4 is 11.6 Å². The monoisotopic (exact) mass is 410 g/mol. The first kappa shape index (κ1) is 20.2. The average molecular weight is 410 g/mol. The number of carbonyl (C=O) groups is 1. The Labute approximate surface area is 174 Å². The predicted molar refractivity (Wildman–Crippen MR) is 112 cm³/mol. The molecule has 1 N–H and O–H groups in total. The summed E-state index contributed by atoms with van der Waals surface area (Å²) in [6.07, 6.45) is 5.80. The summed E-state index contributed by atoms with van der Waals surface area (Å²) in [5.41, 5.74) is 1.11. The van der Waals surface area contributed by atoms with E-state index in [0.717, 1.165) is 56.0 Å². The van der Waals surface area contributed by atoms with Crippen LogP contribution in [0, 0.1) is 17.6 Å². The molecule has 0 aliphatic carbocycles. The fourth-order valence-electron chi connectivity index (χ4n) is 3.89. The lowest BCUT2D eigenvalue weighted by Crippen LogP contribution is -2.40. The molecule has 0 radical (unpaired) electrons. The quantitative estimate of drug-likeness (QED) is 0.663. The van der Waals surface area contributed by atoms with Gasteiger partial charge in [0.05, 0.1) is 12.2 Å². The Balaban J connectivity index is 1.28. The van der Waals surface area contributed by atoms with Crippen molar-refractivity contribution in [3.63, 3.8) is 0 Å². The second kappa shape index (κ2) is 9.17. The molecule has 0 bridgehead atoms. The van der Waals surface area contributed by atoms with Crippen LogP contribution in [0.2, 0.25) is 0 Å². The zero-order valence-corrected chi connectivity index (χ0v) is 16.6. The lowest BCUT2D eigenvalue weighted by atomic mass is 9.96. The van der Waals surface area contributed by atoms with Crippen molar-refractivity contribution in [2.24, 2.45) is 5.92 Å². The topological polar surface area (TPSA) is 50.2 Å². The van der Waals surface area contributed by atoms with Crippen LogP contribution in [0.15, 0.2) is 60.9 Å². The zero-order valence-electron chi connectivity index (χ0n) is 16.6. The minimum absolute atomic E-state index is 0.00448. The summed E-state index contributed by atoms with van der Waals surface area (Å²) in [7, 11) is 0. The number of benzene rings is 2. The number of nitrogens with zero attached hydrogens (tertiary/aromatic N) is 3. The molecule has 1 aromatic heterocycles. The number of amides is 1. The Bertz CT molecular complexity index is 997. The van der Waals surface area contributed by atoms with E-state index in [0.29, 0.717) is 5.92 Å². The van der Waals surface area contributed by atoms with Gasteiger partial charge < -0.3 is 9.88 Å². The van der Waals surface area contributed by atoms with Crippen LogP contribution in [0.3, 0.4) is 0 Å². The third-order valence-corrected chi connectivity index (χ3v) is 5.48. The van der Waals surface area contributed by atoms with Crippen LogP contribution < -0.4 is 5.32 Å². The molecule has 1 aliphatic heterocycles. The fourth-order valence-corrected chi connectivity index (χ4v) is 3.89. The van der Waals surface area contributed by atoms with Crippen molar-refractivity contribution in [2.75, 3.05) is 25.0 Å². The van der Waals surface area contributed by atoms with Crippen molar-refractivity contribution in [3.8, 4) is 11.4 Å². The Morgan fingerprint density at radius 2 is 1.87 bits per heavy atom. The Morgan fingerprint density at radius 3 is 2.60 bits per heavy atom. The molecule has 156 valence electrons. The maximum atomic E-state index is 13.7. The van der Waals surface area contributed by atoms with Gasteiger partial charge in [0.15, 0.2) is 0 Å². The number of aromatic nitrogens is 2. The van der Waals surface area contributed by atoms with Crippen molar-refractivity contribution in [1.82, 2.24) is 14.5 Å². The third kappa shape index (κ3) is 4.91. The summed E-state index contributed by atoms with van der Waals surface area (Å²) in [5, 5.41) is 2.52. The lowest BCUT2D eigenvalue weighted by Gasteiger charge is -2.31. The van der Waals surface area contributed by atoms with Gasteiger partial charge in [-0.15, -0.1) is 0 Å². The third-order valence-electron chi connectivity index (χ3n) is 5.48. The molecule has 7 heteroatoms. The van der Waals surface area contributed by atoms with Gasteiger partial charge >= 0.3 is 0 Å². The molecule has 5 nitrogen and oxygen atoms in total. The molecular weight excluding hydrogens is 386 g/mol. The highest BCUT2D eigenvalue weighted by Crippen LogP contribution is 2.23. The SMILES string of the molecule is O=C(CN1CCC(Cn2ccnc2-c2ccccc2)CC1)Nc1ccc(F)cc1F. The Kier molecular flexibility index (Phi) is 6.18. The normalized spacial score (nSPS) is 15.3. The van der Waals surface area contributed by atoms with E-state index in [1.807, 2.05) is 30.6 Å². The summed E-state index contributed by atoms with van der Waals surface area (Å²) >= 11 is 0. The summed E-state index contributed by atoms with van der Waals surface area (Å²) < 4.78 is 28.9. The number of carbonyl (C=O) groups excluding carboxylic acids is 1. The van der Waals surface area contributed by atoms with Crippen molar-refractivity contribution in [3.05, 3.63) is 72.6 Å². The van der Waals surface area contributed by atoms with Crippen molar-refractivity contribution in [2.45, 2.75) is 19.4 Å². The van der Waals surface area contributed by atoms with E-state index in [-0.39, 0.29) is 18.1 Å². The largest absolute Gasteiger partial charge is 0.331 e. The van der Waals surface area contributed by atoms with Crippen LogP contribution >= 0.6 is 0 Å². The lowest BCUT2D eigenvalue weighted by molar-refractivity contribution is -0.117. The molecule has 2 heterocycles. The number of hydrogen-bond donors (Lipinski definition) is 1. The van der Waals surface area contributed by atoms with E-state index >= 15 is 0 Å². The van der Waals surface area contributed by atoms with Gasteiger partial charge in [0.25, 0.3) is 0 Å². The highest BCUT2D eigenvalue weighted by molar-refractivity contribution is 5.92. The number of hydrogen-bond acceptors (Lipinski definition) is 3. The summed E-state index contributed by atoms with van der Waals surface area (Å²) in [6, 6.07) is 13.3. The number of anilines is 1. The highest BCUT2D eigenvalue weighted by Gasteiger charge is 2.22. The van der Waals surface area contributed by atoms with Gasteiger partial charge in [0, 0.05) is 30.6 Å². The maximum Gasteiger partial charge on any atom is 0.238 e. The van der Waals surface area contributed by atoms with E-state index in [1.54, 1.807) is 0 Å². The van der Waals surface area contributed by atoms with E-state index in [2.05, 4.69) is 31.9 Å². The van der Waals surface area contributed by atoms with Gasteiger partial charge in [-0.3, -0.25) is 9.69 Å². The van der Waals surface area contributed by atoms with Crippen molar-refractivity contribution < 1.29 is 13.6 Å². The zero-order chi connectivity index (χ0) is 20.9. The number of rotatable bonds is 6. The van der Waals surface area contributed by atoms with Gasteiger partial charge in [0.1, 0.15) is 17.5 Å². The molecule has 2 aromatic carbocycles. The number of piperidine rings is 1. The fraction of sp³-hybridized carbons (Fsp3) is 0.304. The molecule has 0 atom stereocenters. The first-order valence-corrected chi connectivity index (χ1v) is 10.1. The molecule has 0 saturated carbocycles. The van der Waals surface area contributed by atoms with Crippen LogP contribution in [-0.2, 0) is 11.3 Å². The number of halogens is 2. The van der Waals surface area contributed by atoms with E-state index < -0.39 is 11.6 Å². The number of likely N-dealkylation sites (tertiary alicyclic amines) is 1. The van der Waals surface area contributed by atoms with Gasteiger partial charge in [-0.2, -0.15) is 0 Å². The first-order valence-electron chi connectivity index (χ1n) is 10.1. The van der Waals surface area contributed by atoms with E-state index in [1.165, 1.54) is 6.07 Å². The summed E-state index contributed by atoms with van der Waals surface area (Å²) in [6.45, 7) is 2.70. The molecule has 0 unspecified atom stereocenters. The minimum atomic E-state index is -0.767. The van der Waals surface area contributed by atoms with Gasteiger partial charge in [-0.1, -0.05) is 30.3 Å². The second-order valence-electron chi connectivity index (χ2n) is 7.66. The average Bonchev–Trinajstić information content (AvgIpc) is 3.20. The number of imidazole rings is 1. The van der Waals surface area contributed by atoms with Gasteiger partial charge in [-0.05, 0) is 44.0 Å². The van der Waals surface area contributed by atoms with Crippen LogP contribution in [-0.4, -0.2) is 40.0 Å². The molecule has 0 spiro atoms. The highest BCUT2D eigenvalue weighted by atomic mass is 19.1. The molecule has 1 saturated heterocycles. The van der Waals surface area contributed by atoms with E-state index in [4.69, 9.17) is 0 Å². The standard InChI is InChI=1S/C23H24F2N4O/c24-19-6-7-21(20(25)14-19)27-22(30)16-28-11-8-17(9-12-28)15-29-13-10-26-23(29)18-4-2-1-3-5-18/h1-7,10,13-14,17H,8-9,11-12,15-16H2,(H,27,30). The first-order chi connectivity index (χ1) is 14.6. The molecule has 1 fully saturated rings. The smallest absolute Gasteiger partial charge is 0.238 e. The number of nitrogens with one attached hydrogen (secondary N) is 1. The molecule has 4 rings (SSSR count). The van der Waals surface area contributed by atoms with Crippen LogP contribution in [0.5, 0.6) is 0 Å². The van der Waals surface area contributed by atoms with Gasteiger partial charge in [0.2, 0.25) is 5.91 Å². The Hall–Kier alpha value is -3.06. The summed E-state index contributed by atoms with van der Waals surface area (Å²) in [5.74, 6) is -0.244.